The number of nitro groups is 1. The second-order valence-electron chi connectivity index (χ2n) is 4.08. The first-order chi connectivity index (χ1) is 8.97. The lowest BCUT2D eigenvalue weighted by Gasteiger charge is -2.09. The molecule has 0 spiro atoms. The van der Waals surface area contributed by atoms with Crippen molar-refractivity contribution in [2.45, 2.75) is 13.8 Å². The molecule has 0 aliphatic carbocycles. The number of aryl methyl sites for hydroxylation is 2. The van der Waals surface area contributed by atoms with Gasteiger partial charge in [-0.15, -0.1) is 0 Å². The van der Waals surface area contributed by atoms with Crippen LogP contribution in [0.3, 0.4) is 0 Å². The number of hydrogen-bond acceptors (Lipinski definition) is 4. The maximum absolute atomic E-state index is 10.8. The van der Waals surface area contributed by atoms with Crippen molar-refractivity contribution in [1.82, 2.24) is 4.98 Å². The number of aromatic nitrogens is 1. The Balaban J connectivity index is 2.33. The molecule has 0 amide bonds. The third-order valence-corrected chi connectivity index (χ3v) is 3.07. The summed E-state index contributed by atoms with van der Waals surface area (Å²) in [4.78, 5) is 14.5. The molecule has 0 N–H and O–H groups in total. The molecular weight excluding hydrogens is 312 g/mol. The van der Waals surface area contributed by atoms with E-state index in [0.29, 0.717) is 22.8 Å². The van der Waals surface area contributed by atoms with Crippen molar-refractivity contribution in [3.63, 3.8) is 0 Å². The van der Waals surface area contributed by atoms with E-state index in [1.54, 1.807) is 32.2 Å². The van der Waals surface area contributed by atoms with Crippen LogP contribution in [-0.4, -0.2) is 9.91 Å². The highest BCUT2D eigenvalue weighted by Gasteiger charge is 2.14. The van der Waals surface area contributed by atoms with E-state index >= 15 is 0 Å². The van der Waals surface area contributed by atoms with E-state index in [1.165, 1.54) is 6.07 Å². The molecule has 1 aromatic carbocycles. The number of ether oxygens (including phenoxy) is 1. The molecule has 0 unspecified atom stereocenters. The highest BCUT2D eigenvalue weighted by molar-refractivity contribution is 9.10. The Kier molecular flexibility index (Phi) is 3.80. The van der Waals surface area contributed by atoms with E-state index < -0.39 is 4.92 Å². The number of nitrogens with zero attached hydrogens (tertiary/aromatic N) is 2. The Labute approximate surface area is 118 Å². The number of benzene rings is 1. The highest BCUT2D eigenvalue weighted by Crippen LogP contribution is 2.30. The third-order valence-electron chi connectivity index (χ3n) is 2.60. The molecule has 5 nitrogen and oxygen atoms in total. The predicted octanol–water partition coefficient (Wildman–Crippen LogP) is 4.16. The summed E-state index contributed by atoms with van der Waals surface area (Å²) >= 11 is 3.29. The first-order valence-electron chi connectivity index (χ1n) is 5.52. The highest BCUT2D eigenvalue weighted by atomic mass is 79.9. The number of pyridine rings is 1. The average molecular weight is 323 g/mol. The molecule has 0 bridgehead atoms. The van der Waals surface area contributed by atoms with Crippen molar-refractivity contribution in [1.29, 1.82) is 0 Å². The van der Waals surface area contributed by atoms with Gasteiger partial charge in [0.05, 0.1) is 4.92 Å². The monoisotopic (exact) mass is 322 g/mol. The van der Waals surface area contributed by atoms with Crippen LogP contribution in [0.2, 0.25) is 0 Å². The van der Waals surface area contributed by atoms with E-state index in [-0.39, 0.29) is 5.69 Å². The fourth-order valence-corrected chi connectivity index (χ4v) is 1.85. The Morgan fingerprint density at radius 1 is 1.26 bits per heavy atom. The van der Waals surface area contributed by atoms with E-state index in [4.69, 9.17) is 4.74 Å². The molecule has 0 aliphatic heterocycles. The van der Waals surface area contributed by atoms with Gasteiger partial charge in [-0.2, -0.15) is 0 Å². The smallest absolute Gasteiger partial charge is 0.272 e. The topological polar surface area (TPSA) is 65.3 Å². The van der Waals surface area contributed by atoms with Crippen LogP contribution >= 0.6 is 15.9 Å². The van der Waals surface area contributed by atoms with Gasteiger partial charge in [0, 0.05) is 28.4 Å². The van der Waals surface area contributed by atoms with Gasteiger partial charge < -0.3 is 4.74 Å². The summed E-state index contributed by atoms with van der Waals surface area (Å²) in [7, 11) is 0. The molecule has 1 heterocycles. The van der Waals surface area contributed by atoms with Gasteiger partial charge >= 0.3 is 0 Å². The van der Waals surface area contributed by atoms with Gasteiger partial charge in [0.1, 0.15) is 5.75 Å². The summed E-state index contributed by atoms with van der Waals surface area (Å²) < 4.78 is 6.48. The molecule has 0 saturated heterocycles. The first-order valence-corrected chi connectivity index (χ1v) is 6.31. The largest absolute Gasteiger partial charge is 0.439 e. The molecule has 0 radical (unpaired) electrons. The Morgan fingerprint density at radius 3 is 2.58 bits per heavy atom. The van der Waals surface area contributed by atoms with Crippen LogP contribution < -0.4 is 4.74 Å². The van der Waals surface area contributed by atoms with E-state index in [2.05, 4.69) is 20.9 Å². The molecule has 0 fully saturated rings. The molecule has 19 heavy (non-hydrogen) atoms. The van der Waals surface area contributed by atoms with Gasteiger partial charge in [0.15, 0.2) is 0 Å². The molecule has 2 rings (SSSR count). The normalized spacial score (nSPS) is 10.3. The summed E-state index contributed by atoms with van der Waals surface area (Å²) in [6.07, 6.45) is 1.63. The molecule has 6 heteroatoms. The number of nitro benzene ring substituents is 1. The summed E-state index contributed by atoms with van der Waals surface area (Å²) in [5.74, 6) is 1.01. The minimum atomic E-state index is -0.399. The minimum Gasteiger partial charge on any atom is -0.439 e. The van der Waals surface area contributed by atoms with Gasteiger partial charge in [0.25, 0.3) is 5.69 Å². The molecule has 98 valence electrons. The van der Waals surface area contributed by atoms with E-state index in [0.717, 1.165) is 4.47 Å². The third kappa shape index (κ3) is 3.08. The molecule has 2 aromatic rings. The zero-order chi connectivity index (χ0) is 14.0. The van der Waals surface area contributed by atoms with Gasteiger partial charge in [-0.05, 0) is 47.5 Å². The molecule has 0 atom stereocenters. The van der Waals surface area contributed by atoms with Crippen LogP contribution in [-0.2, 0) is 0 Å². The lowest BCUT2D eigenvalue weighted by molar-refractivity contribution is -0.385. The molecule has 1 aromatic heterocycles. The Hall–Kier alpha value is -1.95. The van der Waals surface area contributed by atoms with Crippen LogP contribution in [0.5, 0.6) is 11.6 Å². The van der Waals surface area contributed by atoms with Gasteiger partial charge in [0.2, 0.25) is 5.88 Å². The zero-order valence-electron chi connectivity index (χ0n) is 10.4. The lowest BCUT2D eigenvalue weighted by atomic mass is 10.1. The first kappa shape index (κ1) is 13.5. The van der Waals surface area contributed by atoms with Crippen LogP contribution in [0.25, 0.3) is 0 Å². The lowest BCUT2D eigenvalue weighted by Crippen LogP contribution is -1.96. The quantitative estimate of drug-likeness (QED) is 0.628. The fourth-order valence-electron chi connectivity index (χ4n) is 1.62. The van der Waals surface area contributed by atoms with Crippen LogP contribution in [0.4, 0.5) is 5.69 Å². The molecule has 0 aliphatic rings. The van der Waals surface area contributed by atoms with Crippen molar-refractivity contribution >= 4 is 21.6 Å². The average Bonchev–Trinajstić information content (AvgIpc) is 2.35. The van der Waals surface area contributed by atoms with Gasteiger partial charge in [-0.1, -0.05) is 0 Å². The maximum atomic E-state index is 10.8. The summed E-state index contributed by atoms with van der Waals surface area (Å²) in [6.45, 7) is 3.44. The van der Waals surface area contributed by atoms with Crippen LogP contribution in [0, 0.1) is 24.0 Å². The van der Waals surface area contributed by atoms with Crippen molar-refractivity contribution in [3.8, 4) is 11.6 Å². The maximum Gasteiger partial charge on any atom is 0.272 e. The Morgan fingerprint density at radius 2 is 2.00 bits per heavy atom. The van der Waals surface area contributed by atoms with E-state index in [9.17, 15) is 10.1 Å². The fraction of sp³-hybridized carbons (Fsp3) is 0.154. The standard InChI is InChI=1S/C13H11BrN2O3/c1-8-6-12(9(2)5-11(8)16(17)18)19-13-4-3-10(14)7-15-13/h3-7H,1-2H3. The number of hydrogen-bond donors (Lipinski definition) is 0. The van der Waals surface area contributed by atoms with Crippen molar-refractivity contribution < 1.29 is 9.66 Å². The van der Waals surface area contributed by atoms with Crippen LogP contribution in [0.15, 0.2) is 34.9 Å². The summed E-state index contributed by atoms with van der Waals surface area (Å²) in [5.41, 5.74) is 1.35. The summed E-state index contributed by atoms with van der Waals surface area (Å²) in [6, 6.07) is 6.69. The molecule has 0 saturated carbocycles. The van der Waals surface area contributed by atoms with Crippen LogP contribution in [0.1, 0.15) is 11.1 Å². The van der Waals surface area contributed by atoms with Crippen molar-refractivity contribution in [3.05, 3.63) is 56.2 Å². The Bertz CT molecular complexity index is 627. The van der Waals surface area contributed by atoms with E-state index in [1.807, 2.05) is 6.07 Å². The summed E-state index contributed by atoms with van der Waals surface area (Å²) in [5, 5.41) is 10.8. The zero-order valence-corrected chi connectivity index (χ0v) is 12.0. The van der Waals surface area contributed by atoms with Crippen molar-refractivity contribution in [2.24, 2.45) is 0 Å². The SMILES string of the molecule is Cc1cc([N+](=O)[O-])c(C)cc1Oc1ccc(Br)cn1. The van der Waals surface area contributed by atoms with Gasteiger partial charge in [-0.25, -0.2) is 4.98 Å². The molecular formula is C13H11BrN2O3. The second kappa shape index (κ2) is 5.36. The number of rotatable bonds is 3. The minimum absolute atomic E-state index is 0.0913. The predicted molar refractivity (Wildman–Crippen MR) is 74.6 cm³/mol. The number of halogens is 1. The van der Waals surface area contributed by atoms with Gasteiger partial charge in [-0.3, -0.25) is 10.1 Å². The van der Waals surface area contributed by atoms with Crippen molar-refractivity contribution in [2.75, 3.05) is 0 Å². The second-order valence-corrected chi connectivity index (χ2v) is 4.99.